The quantitative estimate of drug-likeness (QED) is 0.239. The molecule has 3 N–H and O–H groups in total. The Bertz CT molecular complexity index is 1200. The minimum absolute atomic E-state index is 0.0105. The summed E-state index contributed by atoms with van der Waals surface area (Å²) in [7, 11) is 0. The molecule has 0 saturated heterocycles. The minimum atomic E-state index is -0.900. The fourth-order valence-electron chi connectivity index (χ4n) is 4.44. The first-order chi connectivity index (χ1) is 18.4. The third kappa shape index (κ3) is 9.06. The van der Waals surface area contributed by atoms with Crippen LogP contribution in [-0.2, 0) is 17.6 Å². The van der Waals surface area contributed by atoms with Gasteiger partial charge in [0.15, 0.2) is 5.78 Å². The zero-order valence-corrected chi connectivity index (χ0v) is 24.0. The summed E-state index contributed by atoms with van der Waals surface area (Å²) in [6.07, 6.45) is 2.20. The maximum Gasteiger partial charge on any atom is 0.407 e. The number of aromatic nitrogens is 2. The molecule has 0 spiro atoms. The first kappa shape index (κ1) is 30.1. The van der Waals surface area contributed by atoms with Crippen LogP contribution in [0.15, 0.2) is 66.9 Å². The van der Waals surface area contributed by atoms with E-state index < -0.39 is 29.3 Å². The Morgan fingerprint density at radius 1 is 0.949 bits per heavy atom. The number of alkyl carbamates (subject to hydrolysis) is 1. The average Bonchev–Trinajstić information content (AvgIpc) is 3.37. The Morgan fingerprint density at radius 2 is 1.51 bits per heavy atom. The van der Waals surface area contributed by atoms with E-state index in [1.165, 1.54) is 0 Å². The molecule has 0 aliphatic rings. The maximum atomic E-state index is 13.1. The van der Waals surface area contributed by atoms with Gasteiger partial charge in [-0.3, -0.25) is 4.79 Å². The van der Waals surface area contributed by atoms with Crippen molar-refractivity contribution in [1.82, 2.24) is 15.3 Å². The number of aromatic amines is 1. The molecule has 7 nitrogen and oxygen atoms in total. The van der Waals surface area contributed by atoms with Crippen molar-refractivity contribution in [2.24, 2.45) is 5.41 Å². The predicted octanol–water partition coefficient (Wildman–Crippen LogP) is 6.24. The van der Waals surface area contributed by atoms with E-state index in [4.69, 9.17) is 4.74 Å². The highest BCUT2D eigenvalue weighted by Crippen LogP contribution is 2.29. The Morgan fingerprint density at radius 3 is 2.05 bits per heavy atom. The van der Waals surface area contributed by atoms with Crippen LogP contribution < -0.4 is 5.32 Å². The Kier molecular flexibility index (Phi) is 10.1. The van der Waals surface area contributed by atoms with Crippen molar-refractivity contribution < 1.29 is 19.4 Å². The zero-order valence-electron chi connectivity index (χ0n) is 24.0. The Balaban J connectivity index is 1.88. The van der Waals surface area contributed by atoms with Crippen molar-refractivity contribution in [3.05, 3.63) is 89.5 Å². The topological polar surface area (TPSA) is 104 Å². The van der Waals surface area contributed by atoms with Gasteiger partial charge in [-0.25, -0.2) is 9.78 Å². The van der Waals surface area contributed by atoms with Gasteiger partial charge in [0.1, 0.15) is 17.1 Å². The summed E-state index contributed by atoms with van der Waals surface area (Å²) in [5.74, 6) is 0.438. The van der Waals surface area contributed by atoms with Crippen molar-refractivity contribution >= 4 is 11.9 Å². The standard InChI is InChI=1S/C32H43N3O4/c1-7-32(5,6)28(37)26-21-33-29(34-26)24(18-22-14-10-8-11-15-22)20-27(36)25(19-23-16-12-9-13-17-23)35-30(38)39-31(2,3)4/h8-17,21,24-25,27,36H,7,18-20H2,1-6H3,(H,33,34)(H,35,38)/t24-,25+,27+/m1/s1. The molecule has 3 rings (SSSR count). The third-order valence-electron chi connectivity index (χ3n) is 7.04. The highest BCUT2D eigenvalue weighted by Gasteiger charge is 2.31. The molecule has 1 aromatic heterocycles. The molecule has 1 heterocycles. The number of imidazole rings is 1. The number of hydrogen-bond donors (Lipinski definition) is 3. The van der Waals surface area contributed by atoms with E-state index in [1.54, 1.807) is 27.0 Å². The van der Waals surface area contributed by atoms with Gasteiger partial charge in [0.05, 0.1) is 18.3 Å². The number of aliphatic hydroxyl groups excluding tert-OH is 1. The third-order valence-corrected chi connectivity index (χ3v) is 7.04. The Labute approximate surface area is 232 Å². The number of nitrogens with zero attached hydrogens (tertiary/aromatic N) is 1. The SMILES string of the molecule is CCC(C)(C)C(=O)c1cnc([C@H](Cc2ccccc2)C[C@H](O)[C@H](Cc2ccccc2)NC(=O)OC(C)(C)C)[nH]1. The van der Waals surface area contributed by atoms with Gasteiger partial charge in [0.2, 0.25) is 0 Å². The number of ketones is 1. The molecule has 0 fully saturated rings. The lowest BCUT2D eigenvalue weighted by atomic mass is 9.84. The molecule has 0 aliphatic heterocycles. The van der Waals surface area contributed by atoms with E-state index in [0.717, 1.165) is 11.1 Å². The lowest BCUT2D eigenvalue weighted by Gasteiger charge is -2.29. The van der Waals surface area contributed by atoms with Crippen LogP contribution in [0.5, 0.6) is 0 Å². The average molecular weight is 534 g/mol. The van der Waals surface area contributed by atoms with Crippen molar-refractivity contribution in [1.29, 1.82) is 0 Å². The number of carbonyl (C=O) groups excluding carboxylic acids is 2. The van der Waals surface area contributed by atoms with Crippen molar-refractivity contribution in [2.45, 2.75) is 90.9 Å². The lowest BCUT2D eigenvalue weighted by Crippen LogP contribution is -2.47. The van der Waals surface area contributed by atoms with Crippen molar-refractivity contribution in [3.8, 4) is 0 Å². The van der Waals surface area contributed by atoms with Crippen LogP contribution in [0, 0.1) is 5.41 Å². The number of rotatable bonds is 12. The molecule has 0 aliphatic carbocycles. The van der Waals surface area contributed by atoms with Gasteiger partial charge >= 0.3 is 6.09 Å². The minimum Gasteiger partial charge on any atom is -0.444 e. The fourth-order valence-corrected chi connectivity index (χ4v) is 4.44. The van der Waals surface area contributed by atoms with Gasteiger partial charge in [0, 0.05) is 11.3 Å². The number of ether oxygens (including phenoxy) is 1. The van der Waals surface area contributed by atoms with E-state index in [1.807, 2.05) is 81.4 Å². The van der Waals surface area contributed by atoms with Crippen molar-refractivity contribution in [3.63, 3.8) is 0 Å². The summed E-state index contributed by atoms with van der Waals surface area (Å²) in [6, 6.07) is 19.1. The van der Waals surface area contributed by atoms with Gasteiger partial charge in [-0.2, -0.15) is 0 Å². The second-order valence-corrected chi connectivity index (χ2v) is 11.9. The van der Waals surface area contributed by atoms with Gasteiger partial charge in [-0.05, 0) is 57.6 Å². The summed E-state index contributed by atoms with van der Waals surface area (Å²) in [4.78, 5) is 33.6. The molecule has 3 aromatic rings. The monoisotopic (exact) mass is 533 g/mol. The fraction of sp³-hybridized carbons (Fsp3) is 0.469. The van der Waals surface area contributed by atoms with Crippen LogP contribution in [0.25, 0.3) is 0 Å². The lowest BCUT2D eigenvalue weighted by molar-refractivity contribution is 0.0404. The van der Waals surface area contributed by atoms with E-state index in [0.29, 0.717) is 37.2 Å². The van der Waals surface area contributed by atoms with Crippen molar-refractivity contribution in [2.75, 3.05) is 0 Å². The van der Waals surface area contributed by atoms with Crippen LogP contribution >= 0.6 is 0 Å². The van der Waals surface area contributed by atoms with Gasteiger partial charge in [-0.15, -0.1) is 0 Å². The first-order valence-electron chi connectivity index (χ1n) is 13.7. The van der Waals surface area contributed by atoms with Gasteiger partial charge < -0.3 is 20.1 Å². The predicted molar refractivity (Wildman–Crippen MR) is 154 cm³/mol. The number of carbonyl (C=O) groups is 2. The molecule has 210 valence electrons. The summed E-state index contributed by atoms with van der Waals surface area (Å²) >= 11 is 0. The highest BCUT2D eigenvalue weighted by atomic mass is 16.6. The van der Waals surface area contributed by atoms with Crippen LogP contribution in [0.3, 0.4) is 0 Å². The van der Waals surface area contributed by atoms with Crippen LogP contribution in [0.4, 0.5) is 4.79 Å². The van der Waals surface area contributed by atoms with E-state index in [9.17, 15) is 14.7 Å². The van der Waals surface area contributed by atoms with Gasteiger partial charge in [0.25, 0.3) is 0 Å². The molecule has 1 amide bonds. The summed E-state index contributed by atoms with van der Waals surface area (Å²) in [6.45, 7) is 11.3. The van der Waals surface area contributed by atoms with Crippen LogP contribution in [-0.4, -0.2) is 44.7 Å². The summed E-state index contributed by atoms with van der Waals surface area (Å²) in [5.41, 5.74) is 1.39. The molecular weight excluding hydrogens is 490 g/mol. The largest absolute Gasteiger partial charge is 0.444 e. The first-order valence-corrected chi connectivity index (χ1v) is 13.7. The van der Waals surface area contributed by atoms with E-state index in [2.05, 4.69) is 15.3 Å². The molecule has 3 atom stereocenters. The second kappa shape index (κ2) is 13.1. The number of Topliss-reactive ketones (excluding diaryl/α,β-unsaturated/α-hetero) is 1. The summed E-state index contributed by atoms with van der Waals surface area (Å²) < 4.78 is 5.50. The van der Waals surface area contributed by atoms with Crippen LogP contribution in [0.1, 0.15) is 87.7 Å². The zero-order chi connectivity index (χ0) is 28.6. The molecule has 0 radical (unpaired) electrons. The molecular formula is C32H43N3O4. The normalized spacial score (nSPS) is 14.3. The van der Waals surface area contributed by atoms with E-state index >= 15 is 0 Å². The Hall–Kier alpha value is -3.45. The molecule has 0 bridgehead atoms. The molecule has 39 heavy (non-hydrogen) atoms. The second-order valence-electron chi connectivity index (χ2n) is 11.9. The summed E-state index contributed by atoms with van der Waals surface area (Å²) in [5, 5.41) is 14.4. The number of hydrogen-bond acceptors (Lipinski definition) is 5. The number of benzene rings is 2. The van der Waals surface area contributed by atoms with Gasteiger partial charge in [-0.1, -0.05) is 81.4 Å². The van der Waals surface area contributed by atoms with Crippen LogP contribution in [0.2, 0.25) is 0 Å². The number of H-pyrrole nitrogens is 1. The molecule has 0 saturated carbocycles. The molecule has 2 aromatic carbocycles. The smallest absolute Gasteiger partial charge is 0.407 e. The number of amides is 1. The van der Waals surface area contributed by atoms with E-state index in [-0.39, 0.29) is 11.7 Å². The number of aliphatic hydroxyl groups is 1. The molecule has 7 heteroatoms. The number of nitrogens with one attached hydrogen (secondary N) is 2. The maximum absolute atomic E-state index is 13.1. The highest BCUT2D eigenvalue weighted by molar-refractivity contribution is 5.98. The molecule has 0 unspecified atom stereocenters.